The molecule has 0 fully saturated rings. The molecule has 176 valence electrons. The molecule has 3 rings (SSSR count). The van der Waals surface area contributed by atoms with Crippen molar-refractivity contribution in [3.8, 4) is 5.75 Å². The maximum atomic E-state index is 12.5. The number of hydrogen-bond donors (Lipinski definition) is 2. The Morgan fingerprint density at radius 3 is 1.97 bits per heavy atom. The first-order valence-electron chi connectivity index (χ1n) is 10.8. The summed E-state index contributed by atoms with van der Waals surface area (Å²) in [7, 11) is 3.89. The lowest BCUT2D eigenvalue weighted by atomic mass is 10.1. The van der Waals surface area contributed by atoms with Crippen LogP contribution in [0.25, 0.3) is 0 Å². The van der Waals surface area contributed by atoms with Crippen LogP contribution in [0.5, 0.6) is 5.75 Å². The first-order chi connectivity index (χ1) is 16.4. The van der Waals surface area contributed by atoms with Gasteiger partial charge in [-0.2, -0.15) is 0 Å². The number of rotatable bonds is 8. The fourth-order valence-corrected chi connectivity index (χ4v) is 3.02. The number of benzene rings is 3. The highest BCUT2D eigenvalue weighted by atomic mass is 16.7. The molecule has 0 bridgehead atoms. The summed E-state index contributed by atoms with van der Waals surface area (Å²) in [5.41, 5.74) is 3.56. The lowest BCUT2D eigenvalue weighted by molar-refractivity contribution is 0.0950. The van der Waals surface area contributed by atoms with E-state index in [0.29, 0.717) is 29.1 Å². The Morgan fingerprint density at radius 2 is 1.38 bits per heavy atom. The number of carbonyl (C=O) groups excluding carboxylic acids is 3. The minimum Gasteiger partial charge on any atom is -0.434 e. The Labute approximate surface area is 198 Å². The van der Waals surface area contributed by atoms with Gasteiger partial charge in [-0.3, -0.25) is 9.59 Å². The van der Waals surface area contributed by atoms with Gasteiger partial charge in [-0.05, 0) is 73.2 Å². The SMILES string of the molecule is CCOC(=O)Oc1ccc(C(=O)NCc2ccc(NC(=O)c3ccc(N(C)C)cc3)cc2)cc1. The van der Waals surface area contributed by atoms with Gasteiger partial charge in [0.15, 0.2) is 0 Å². The second kappa shape index (κ2) is 11.5. The van der Waals surface area contributed by atoms with Gasteiger partial charge in [-0.15, -0.1) is 0 Å². The number of anilines is 2. The zero-order valence-electron chi connectivity index (χ0n) is 19.3. The van der Waals surface area contributed by atoms with Crippen molar-refractivity contribution in [2.45, 2.75) is 13.5 Å². The molecule has 0 spiro atoms. The van der Waals surface area contributed by atoms with Gasteiger partial charge >= 0.3 is 6.16 Å². The highest BCUT2D eigenvalue weighted by Crippen LogP contribution is 2.16. The van der Waals surface area contributed by atoms with Gasteiger partial charge < -0.3 is 25.0 Å². The van der Waals surface area contributed by atoms with Crippen LogP contribution in [-0.2, 0) is 11.3 Å². The van der Waals surface area contributed by atoms with Gasteiger partial charge in [0.2, 0.25) is 0 Å². The quantitative estimate of drug-likeness (QED) is 0.380. The van der Waals surface area contributed by atoms with Crippen molar-refractivity contribution < 1.29 is 23.9 Å². The van der Waals surface area contributed by atoms with Crippen molar-refractivity contribution in [2.24, 2.45) is 0 Å². The minimum absolute atomic E-state index is 0.193. The summed E-state index contributed by atoms with van der Waals surface area (Å²) < 4.78 is 9.69. The third-order valence-corrected chi connectivity index (χ3v) is 4.89. The topological polar surface area (TPSA) is 97.0 Å². The van der Waals surface area contributed by atoms with Crippen LogP contribution in [0.1, 0.15) is 33.2 Å². The zero-order chi connectivity index (χ0) is 24.5. The van der Waals surface area contributed by atoms with E-state index >= 15 is 0 Å². The Kier molecular flexibility index (Phi) is 8.23. The number of ether oxygens (including phenoxy) is 2. The lowest BCUT2D eigenvalue weighted by Crippen LogP contribution is -2.22. The number of nitrogens with zero attached hydrogens (tertiary/aromatic N) is 1. The molecule has 0 saturated heterocycles. The van der Waals surface area contributed by atoms with Crippen LogP contribution in [0.15, 0.2) is 72.8 Å². The van der Waals surface area contributed by atoms with Gasteiger partial charge in [-0.25, -0.2) is 4.79 Å². The number of nitrogens with one attached hydrogen (secondary N) is 2. The van der Waals surface area contributed by atoms with Gasteiger partial charge in [0, 0.05) is 43.1 Å². The van der Waals surface area contributed by atoms with Crippen LogP contribution in [0.3, 0.4) is 0 Å². The van der Waals surface area contributed by atoms with Crippen molar-refractivity contribution in [3.05, 3.63) is 89.5 Å². The number of hydrogen-bond acceptors (Lipinski definition) is 6. The normalized spacial score (nSPS) is 10.2. The molecule has 8 heteroatoms. The van der Waals surface area contributed by atoms with Crippen LogP contribution in [0.2, 0.25) is 0 Å². The standard InChI is InChI=1S/C26H27N3O5/c1-4-33-26(32)34-23-15-9-19(10-16-23)24(30)27-17-18-5-11-21(12-6-18)28-25(31)20-7-13-22(14-8-20)29(2)3/h5-16H,4,17H2,1-3H3,(H,27,30)(H,28,31). The Hall–Kier alpha value is -4.33. The number of carbonyl (C=O) groups is 3. The molecule has 0 aliphatic carbocycles. The first-order valence-corrected chi connectivity index (χ1v) is 10.8. The highest BCUT2D eigenvalue weighted by molar-refractivity contribution is 6.04. The maximum Gasteiger partial charge on any atom is 0.513 e. The second-order valence-electron chi connectivity index (χ2n) is 7.58. The predicted octanol–water partition coefficient (Wildman–Crippen LogP) is 4.47. The van der Waals surface area contributed by atoms with E-state index in [9.17, 15) is 14.4 Å². The van der Waals surface area contributed by atoms with Crippen molar-refractivity contribution in [3.63, 3.8) is 0 Å². The maximum absolute atomic E-state index is 12.5. The third-order valence-electron chi connectivity index (χ3n) is 4.89. The average molecular weight is 462 g/mol. The summed E-state index contributed by atoms with van der Waals surface area (Å²) in [6.07, 6.45) is -0.790. The fourth-order valence-electron chi connectivity index (χ4n) is 3.02. The molecule has 0 aromatic heterocycles. The average Bonchev–Trinajstić information content (AvgIpc) is 2.84. The highest BCUT2D eigenvalue weighted by Gasteiger charge is 2.09. The lowest BCUT2D eigenvalue weighted by Gasteiger charge is -2.13. The molecule has 0 heterocycles. The van der Waals surface area contributed by atoms with Crippen LogP contribution < -0.4 is 20.3 Å². The van der Waals surface area contributed by atoms with Crippen LogP contribution >= 0.6 is 0 Å². The minimum atomic E-state index is -0.790. The molecule has 0 radical (unpaired) electrons. The molecular formula is C26H27N3O5. The van der Waals surface area contributed by atoms with Gasteiger partial charge in [0.25, 0.3) is 11.8 Å². The molecule has 3 aromatic rings. The van der Waals surface area contributed by atoms with Gasteiger partial charge in [-0.1, -0.05) is 12.1 Å². The summed E-state index contributed by atoms with van der Waals surface area (Å²) in [4.78, 5) is 38.1. The zero-order valence-corrected chi connectivity index (χ0v) is 19.3. The van der Waals surface area contributed by atoms with Crippen LogP contribution in [0, 0.1) is 0 Å². The monoisotopic (exact) mass is 461 g/mol. The molecule has 2 N–H and O–H groups in total. The van der Waals surface area contributed by atoms with E-state index in [1.54, 1.807) is 43.3 Å². The summed E-state index contributed by atoms with van der Waals surface area (Å²) >= 11 is 0. The third kappa shape index (κ3) is 6.83. The van der Waals surface area contributed by atoms with Crippen molar-refractivity contribution in [1.82, 2.24) is 5.32 Å². The summed E-state index contributed by atoms with van der Waals surface area (Å²) in [5, 5.41) is 5.70. The Morgan fingerprint density at radius 1 is 0.794 bits per heavy atom. The summed E-state index contributed by atoms with van der Waals surface area (Å²) in [6, 6.07) is 20.8. The van der Waals surface area contributed by atoms with Crippen molar-refractivity contribution >= 4 is 29.3 Å². The van der Waals surface area contributed by atoms with E-state index in [0.717, 1.165) is 11.3 Å². The predicted molar refractivity (Wildman–Crippen MR) is 130 cm³/mol. The molecule has 8 nitrogen and oxygen atoms in total. The largest absolute Gasteiger partial charge is 0.513 e. The molecule has 2 amide bonds. The van der Waals surface area contributed by atoms with E-state index in [1.807, 2.05) is 43.3 Å². The fraction of sp³-hybridized carbons (Fsp3) is 0.192. The molecule has 34 heavy (non-hydrogen) atoms. The van der Waals surface area contributed by atoms with E-state index < -0.39 is 6.16 Å². The van der Waals surface area contributed by atoms with Gasteiger partial charge in [0.05, 0.1) is 6.61 Å². The molecular weight excluding hydrogens is 434 g/mol. The molecule has 0 aliphatic heterocycles. The summed E-state index contributed by atoms with van der Waals surface area (Å²) in [5.74, 6) is -0.163. The van der Waals surface area contributed by atoms with Crippen LogP contribution in [0.4, 0.5) is 16.2 Å². The first kappa shape index (κ1) is 24.3. The van der Waals surface area contributed by atoms with E-state index in [4.69, 9.17) is 9.47 Å². The summed E-state index contributed by atoms with van der Waals surface area (Å²) in [6.45, 7) is 2.22. The van der Waals surface area contributed by atoms with Crippen molar-refractivity contribution in [1.29, 1.82) is 0 Å². The van der Waals surface area contributed by atoms with E-state index in [2.05, 4.69) is 10.6 Å². The Bertz CT molecular complexity index is 1120. The molecule has 0 aliphatic rings. The molecule has 0 unspecified atom stereocenters. The molecule has 0 atom stereocenters. The molecule has 3 aromatic carbocycles. The van der Waals surface area contributed by atoms with E-state index in [1.165, 1.54) is 12.1 Å². The molecule has 0 saturated carbocycles. The Balaban J connectivity index is 1.50. The number of amides is 2. The second-order valence-corrected chi connectivity index (χ2v) is 7.58. The smallest absolute Gasteiger partial charge is 0.434 e. The van der Waals surface area contributed by atoms with Gasteiger partial charge in [0.1, 0.15) is 5.75 Å². The van der Waals surface area contributed by atoms with Crippen molar-refractivity contribution in [2.75, 3.05) is 30.9 Å². The van der Waals surface area contributed by atoms with Crippen LogP contribution in [-0.4, -0.2) is 38.7 Å². The van der Waals surface area contributed by atoms with E-state index in [-0.39, 0.29) is 18.4 Å².